The van der Waals surface area contributed by atoms with Crippen molar-refractivity contribution >= 4 is 5.91 Å². The number of hydrogen-bond donors (Lipinski definition) is 2. The Morgan fingerprint density at radius 3 is 2.81 bits per heavy atom. The molecule has 1 saturated carbocycles. The van der Waals surface area contributed by atoms with Crippen molar-refractivity contribution in [2.24, 2.45) is 11.1 Å². The lowest BCUT2D eigenvalue weighted by molar-refractivity contribution is -0.132. The number of morpholine rings is 1. The van der Waals surface area contributed by atoms with E-state index in [1.807, 2.05) is 0 Å². The van der Waals surface area contributed by atoms with Gasteiger partial charge in [0.2, 0.25) is 5.91 Å². The molecule has 2 fully saturated rings. The summed E-state index contributed by atoms with van der Waals surface area (Å²) in [5.74, 6) is 0.152. The van der Waals surface area contributed by atoms with Crippen molar-refractivity contribution < 1.29 is 9.53 Å². The van der Waals surface area contributed by atoms with Crippen LogP contribution in [0.4, 0.5) is 0 Å². The van der Waals surface area contributed by atoms with Gasteiger partial charge in [-0.2, -0.15) is 0 Å². The number of unbranched alkanes of at least 4 members (excludes halogenated alkanes) is 1. The van der Waals surface area contributed by atoms with Crippen LogP contribution in [-0.4, -0.2) is 55.7 Å². The molecule has 2 aliphatic rings. The molecule has 0 aromatic carbocycles. The summed E-state index contributed by atoms with van der Waals surface area (Å²) in [7, 11) is 0. The van der Waals surface area contributed by atoms with Crippen LogP contribution in [0, 0.1) is 5.41 Å². The van der Waals surface area contributed by atoms with Crippen molar-refractivity contribution in [3.05, 3.63) is 0 Å². The Labute approximate surface area is 128 Å². The number of nitrogens with zero attached hydrogens (tertiary/aromatic N) is 1. The minimum absolute atomic E-state index is 0.0955. The van der Waals surface area contributed by atoms with Gasteiger partial charge in [-0.25, -0.2) is 0 Å². The summed E-state index contributed by atoms with van der Waals surface area (Å²) in [6.07, 6.45) is 5.70. The molecule has 0 aromatic rings. The van der Waals surface area contributed by atoms with Gasteiger partial charge in [0.05, 0.1) is 13.2 Å². The minimum atomic E-state index is -0.0955. The second-order valence-electron chi connectivity index (χ2n) is 7.23. The summed E-state index contributed by atoms with van der Waals surface area (Å²) in [6.45, 7) is 8.28. The first-order chi connectivity index (χ1) is 10.0. The number of nitrogens with one attached hydrogen (secondary N) is 1. The molecule has 21 heavy (non-hydrogen) atoms. The predicted octanol–water partition coefficient (Wildman–Crippen LogP) is 1.12. The highest BCUT2D eigenvalue weighted by molar-refractivity contribution is 5.82. The standard InChI is InChI=1S/C16H31N3O2/c1-16(2,12-17)7-3-4-8-19-9-10-21-11-14(19)15(20)18-13-5-6-13/h13-14H,3-12,17H2,1-2H3,(H,18,20). The molecule has 0 bridgehead atoms. The van der Waals surface area contributed by atoms with Crippen LogP contribution in [0.3, 0.4) is 0 Å². The zero-order valence-electron chi connectivity index (χ0n) is 13.6. The fourth-order valence-corrected chi connectivity index (χ4v) is 2.69. The predicted molar refractivity (Wildman–Crippen MR) is 84.0 cm³/mol. The van der Waals surface area contributed by atoms with E-state index in [1.54, 1.807) is 0 Å². The van der Waals surface area contributed by atoms with Crippen LogP contribution in [0.15, 0.2) is 0 Å². The smallest absolute Gasteiger partial charge is 0.239 e. The van der Waals surface area contributed by atoms with Crippen LogP contribution in [0.5, 0.6) is 0 Å². The van der Waals surface area contributed by atoms with Crippen molar-refractivity contribution in [3.8, 4) is 0 Å². The fraction of sp³-hybridized carbons (Fsp3) is 0.938. The van der Waals surface area contributed by atoms with E-state index >= 15 is 0 Å². The van der Waals surface area contributed by atoms with Gasteiger partial charge in [0.25, 0.3) is 0 Å². The van der Waals surface area contributed by atoms with E-state index in [1.165, 1.54) is 6.42 Å². The average Bonchev–Trinajstić information content (AvgIpc) is 3.28. The van der Waals surface area contributed by atoms with E-state index in [-0.39, 0.29) is 17.4 Å². The lowest BCUT2D eigenvalue weighted by Gasteiger charge is -2.34. The molecule has 1 aliphatic carbocycles. The molecule has 1 amide bonds. The third-order valence-electron chi connectivity index (χ3n) is 4.57. The van der Waals surface area contributed by atoms with Gasteiger partial charge in [-0.3, -0.25) is 9.69 Å². The summed E-state index contributed by atoms with van der Waals surface area (Å²) >= 11 is 0. The zero-order valence-corrected chi connectivity index (χ0v) is 13.6. The van der Waals surface area contributed by atoms with Crippen molar-refractivity contribution in [1.82, 2.24) is 10.2 Å². The number of rotatable bonds is 8. The average molecular weight is 297 g/mol. The van der Waals surface area contributed by atoms with Crippen LogP contribution in [0.1, 0.15) is 46.0 Å². The molecule has 3 N–H and O–H groups in total. The molecule has 1 heterocycles. The Bertz CT molecular complexity index is 342. The lowest BCUT2D eigenvalue weighted by Crippen LogP contribution is -2.54. The Kier molecular flexibility index (Phi) is 6.02. The number of nitrogens with two attached hydrogens (primary N) is 1. The molecule has 1 saturated heterocycles. The Morgan fingerprint density at radius 2 is 2.14 bits per heavy atom. The maximum Gasteiger partial charge on any atom is 0.239 e. The van der Waals surface area contributed by atoms with Gasteiger partial charge in [0, 0.05) is 12.6 Å². The summed E-state index contributed by atoms with van der Waals surface area (Å²) in [5.41, 5.74) is 6.00. The number of hydrogen-bond acceptors (Lipinski definition) is 4. The van der Waals surface area contributed by atoms with Gasteiger partial charge < -0.3 is 15.8 Å². The normalized spacial score (nSPS) is 24.0. The molecule has 5 heteroatoms. The number of amides is 1. The highest BCUT2D eigenvalue weighted by Gasteiger charge is 2.32. The molecule has 122 valence electrons. The number of carbonyl (C=O) groups is 1. The maximum absolute atomic E-state index is 12.2. The molecular formula is C16H31N3O2. The molecule has 1 unspecified atom stereocenters. The third-order valence-corrected chi connectivity index (χ3v) is 4.57. The first-order valence-corrected chi connectivity index (χ1v) is 8.34. The molecule has 0 radical (unpaired) electrons. The number of ether oxygens (including phenoxy) is 1. The van der Waals surface area contributed by atoms with Crippen LogP contribution < -0.4 is 11.1 Å². The molecule has 5 nitrogen and oxygen atoms in total. The molecular weight excluding hydrogens is 266 g/mol. The van der Waals surface area contributed by atoms with E-state index in [2.05, 4.69) is 24.1 Å². The Morgan fingerprint density at radius 1 is 1.38 bits per heavy atom. The van der Waals surface area contributed by atoms with E-state index in [0.717, 1.165) is 51.9 Å². The topological polar surface area (TPSA) is 67.6 Å². The van der Waals surface area contributed by atoms with Crippen LogP contribution in [0.25, 0.3) is 0 Å². The van der Waals surface area contributed by atoms with Gasteiger partial charge in [0.15, 0.2) is 0 Å². The second kappa shape index (κ2) is 7.56. The minimum Gasteiger partial charge on any atom is -0.378 e. The molecule has 0 spiro atoms. The molecule has 2 rings (SSSR count). The molecule has 0 aromatic heterocycles. The monoisotopic (exact) mass is 297 g/mol. The van der Waals surface area contributed by atoms with Crippen LogP contribution >= 0.6 is 0 Å². The second-order valence-corrected chi connectivity index (χ2v) is 7.23. The van der Waals surface area contributed by atoms with Crippen LogP contribution in [0.2, 0.25) is 0 Å². The fourth-order valence-electron chi connectivity index (χ4n) is 2.69. The first kappa shape index (κ1) is 16.7. The van der Waals surface area contributed by atoms with Gasteiger partial charge >= 0.3 is 0 Å². The summed E-state index contributed by atoms with van der Waals surface area (Å²) < 4.78 is 5.49. The van der Waals surface area contributed by atoms with Crippen molar-refractivity contribution in [1.29, 1.82) is 0 Å². The Balaban J connectivity index is 1.72. The summed E-state index contributed by atoms with van der Waals surface area (Å²) in [4.78, 5) is 14.5. The quantitative estimate of drug-likeness (QED) is 0.659. The van der Waals surface area contributed by atoms with Crippen molar-refractivity contribution in [3.63, 3.8) is 0 Å². The molecule has 1 aliphatic heterocycles. The van der Waals surface area contributed by atoms with Gasteiger partial charge in [0.1, 0.15) is 6.04 Å². The zero-order chi connectivity index (χ0) is 15.3. The summed E-state index contributed by atoms with van der Waals surface area (Å²) in [6, 6.07) is 0.327. The largest absolute Gasteiger partial charge is 0.378 e. The maximum atomic E-state index is 12.2. The lowest BCUT2D eigenvalue weighted by atomic mass is 9.87. The van der Waals surface area contributed by atoms with Crippen molar-refractivity contribution in [2.75, 3.05) is 32.8 Å². The van der Waals surface area contributed by atoms with Gasteiger partial charge in [-0.05, 0) is 44.2 Å². The highest BCUT2D eigenvalue weighted by Crippen LogP contribution is 2.22. The highest BCUT2D eigenvalue weighted by atomic mass is 16.5. The number of carbonyl (C=O) groups excluding carboxylic acids is 1. The third kappa shape index (κ3) is 5.57. The Hall–Kier alpha value is -0.650. The van der Waals surface area contributed by atoms with Crippen LogP contribution in [-0.2, 0) is 9.53 Å². The van der Waals surface area contributed by atoms with E-state index in [4.69, 9.17) is 10.5 Å². The van der Waals surface area contributed by atoms with E-state index < -0.39 is 0 Å². The SMILES string of the molecule is CC(C)(CN)CCCCN1CCOCC1C(=O)NC1CC1. The van der Waals surface area contributed by atoms with E-state index in [9.17, 15) is 4.79 Å². The first-order valence-electron chi connectivity index (χ1n) is 8.34. The van der Waals surface area contributed by atoms with Gasteiger partial charge in [-0.15, -0.1) is 0 Å². The molecule has 1 atom stereocenters. The van der Waals surface area contributed by atoms with Crippen molar-refractivity contribution in [2.45, 2.75) is 58.0 Å². The van der Waals surface area contributed by atoms with E-state index in [0.29, 0.717) is 12.6 Å². The summed E-state index contributed by atoms with van der Waals surface area (Å²) in [5, 5.41) is 3.10. The van der Waals surface area contributed by atoms with Gasteiger partial charge in [-0.1, -0.05) is 20.3 Å².